The minimum absolute atomic E-state index is 0.0251. The van der Waals surface area contributed by atoms with Gasteiger partial charge >= 0.3 is 0 Å². The van der Waals surface area contributed by atoms with E-state index in [-0.39, 0.29) is 17.0 Å². The summed E-state index contributed by atoms with van der Waals surface area (Å²) in [5.41, 5.74) is 3.44. The highest BCUT2D eigenvalue weighted by Crippen LogP contribution is 2.27. The van der Waals surface area contributed by atoms with Crippen molar-refractivity contribution < 1.29 is 9.18 Å². The lowest BCUT2D eigenvalue weighted by atomic mass is 10.1. The maximum atomic E-state index is 12.8. The number of aryl methyl sites for hydroxylation is 2. The molecule has 2 aromatic rings. The molecule has 23 heavy (non-hydrogen) atoms. The third kappa shape index (κ3) is 5.39. The van der Waals surface area contributed by atoms with E-state index in [0.29, 0.717) is 13.0 Å². The number of halogens is 1. The van der Waals surface area contributed by atoms with Crippen LogP contribution in [-0.4, -0.2) is 17.7 Å². The molecule has 0 saturated carbocycles. The van der Waals surface area contributed by atoms with Gasteiger partial charge < -0.3 is 5.32 Å². The molecule has 0 heterocycles. The molecule has 2 rings (SSSR count). The van der Waals surface area contributed by atoms with Crippen molar-refractivity contribution in [2.75, 3.05) is 6.54 Å². The van der Waals surface area contributed by atoms with Gasteiger partial charge in [-0.05, 0) is 56.5 Å². The van der Waals surface area contributed by atoms with Gasteiger partial charge in [-0.15, -0.1) is 11.8 Å². The molecule has 2 aromatic carbocycles. The molecule has 0 aliphatic carbocycles. The molecule has 122 valence electrons. The van der Waals surface area contributed by atoms with Gasteiger partial charge in [0, 0.05) is 11.4 Å². The van der Waals surface area contributed by atoms with Crippen molar-refractivity contribution in [3.05, 3.63) is 65.0 Å². The van der Waals surface area contributed by atoms with Gasteiger partial charge in [-0.2, -0.15) is 0 Å². The second-order valence-electron chi connectivity index (χ2n) is 5.70. The molecule has 2 nitrogen and oxygen atoms in total. The van der Waals surface area contributed by atoms with E-state index >= 15 is 0 Å². The van der Waals surface area contributed by atoms with Crippen LogP contribution in [-0.2, 0) is 11.2 Å². The molecule has 0 unspecified atom stereocenters. The summed E-state index contributed by atoms with van der Waals surface area (Å²) in [6.07, 6.45) is 0.701. The SMILES string of the molecule is Cc1ccc(S[C@H](C)C(=O)NCCc2ccc(F)cc2)c(C)c1. The Bertz CT molecular complexity index is 670. The molecule has 0 fully saturated rings. The first kappa shape index (κ1) is 17.5. The van der Waals surface area contributed by atoms with Crippen LogP contribution in [0.2, 0.25) is 0 Å². The Balaban J connectivity index is 1.81. The van der Waals surface area contributed by atoms with Crippen LogP contribution in [0.3, 0.4) is 0 Å². The second kappa shape index (κ2) is 8.16. The molecule has 0 saturated heterocycles. The standard InChI is InChI=1S/C19H22FNOS/c1-13-4-9-18(14(2)12-13)23-15(3)19(22)21-11-10-16-5-7-17(20)8-6-16/h4-9,12,15H,10-11H2,1-3H3,(H,21,22)/t15-/m1/s1. The Labute approximate surface area is 141 Å². The molecule has 0 bridgehead atoms. The van der Waals surface area contributed by atoms with Crippen molar-refractivity contribution in [3.8, 4) is 0 Å². The normalized spacial score (nSPS) is 12.0. The highest BCUT2D eigenvalue weighted by molar-refractivity contribution is 8.00. The largest absolute Gasteiger partial charge is 0.355 e. The Morgan fingerprint density at radius 2 is 1.87 bits per heavy atom. The number of carbonyl (C=O) groups excluding carboxylic acids is 1. The van der Waals surface area contributed by atoms with Crippen molar-refractivity contribution in [2.45, 2.75) is 37.3 Å². The van der Waals surface area contributed by atoms with Gasteiger partial charge in [0.25, 0.3) is 0 Å². The summed E-state index contributed by atoms with van der Waals surface area (Å²) in [5, 5.41) is 2.79. The van der Waals surface area contributed by atoms with Crippen molar-refractivity contribution in [3.63, 3.8) is 0 Å². The average Bonchev–Trinajstić information content (AvgIpc) is 2.51. The van der Waals surface area contributed by atoms with Crippen LogP contribution in [0.25, 0.3) is 0 Å². The lowest BCUT2D eigenvalue weighted by Gasteiger charge is -2.14. The first-order chi connectivity index (χ1) is 11.0. The van der Waals surface area contributed by atoms with Crippen LogP contribution in [0.1, 0.15) is 23.6 Å². The van der Waals surface area contributed by atoms with Crippen molar-refractivity contribution in [1.82, 2.24) is 5.32 Å². The minimum Gasteiger partial charge on any atom is -0.355 e. The Morgan fingerprint density at radius 1 is 1.17 bits per heavy atom. The maximum Gasteiger partial charge on any atom is 0.233 e. The van der Waals surface area contributed by atoms with Gasteiger partial charge in [0.2, 0.25) is 5.91 Å². The zero-order chi connectivity index (χ0) is 16.8. The molecular weight excluding hydrogens is 309 g/mol. The summed E-state index contributed by atoms with van der Waals surface area (Å²) in [7, 11) is 0. The molecule has 1 amide bonds. The smallest absolute Gasteiger partial charge is 0.233 e. The number of thioether (sulfide) groups is 1. The molecule has 0 aliphatic heterocycles. The molecular formula is C19H22FNOS. The third-order valence-electron chi connectivity index (χ3n) is 3.63. The first-order valence-electron chi connectivity index (χ1n) is 7.72. The molecule has 0 radical (unpaired) electrons. The zero-order valence-electron chi connectivity index (χ0n) is 13.7. The highest BCUT2D eigenvalue weighted by atomic mass is 32.2. The Morgan fingerprint density at radius 3 is 2.52 bits per heavy atom. The van der Waals surface area contributed by atoms with Crippen LogP contribution < -0.4 is 5.32 Å². The summed E-state index contributed by atoms with van der Waals surface area (Å²) < 4.78 is 12.8. The Kier molecular flexibility index (Phi) is 6.22. The predicted octanol–water partition coefficient (Wildman–Crippen LogP) is 4.28. The monoisotopic (exact) mass is 331 g/mol. The summed E-state index contributed by atoms with van der Waals surface area (Å²) in [4.78, 5) is 13.3. The van der Waals surface area contributed by atoms with Crippen LogP contribution in [0.5, 0.6) is 0 Å². The van der Waals surface area contributed by atoms with Crippen molar-refractivity contribution in [1.29, 1.82) is 0 Å². The quantitative estimate of drug-likeness (QED) is 0.801. The van der Waals surface area contributed by atoms with Crippen molar-refractivity contribution >= 4 is 17.7 Å². The lowest BCUT2D eigenvalue weighted by Crippen LogP contribution is -2.32. The number of benzene rings is 2. The fourth-order valence-corrected chi connectivity index (χ4v) is 3.26. The summed E-state index contributed by atoms with van der Waals surface area (Å²) in [6, 6.07) is 12.6. The van der Waals surface area contributed by atoms with Crippen LogP contribution in [0.15, 0.2) is 47.4 Å². The first-order valence-corrected chi connectivity index (χ1v) is 8.60. The number of nitrogens with one attached hydrogen (secondary N) is 1. The number of hydrogen-bond acceptors (Lipinski definition) is 2. The zero-order valence-corrected chi connectivity index (χ0v) is 14.5. The summed E-state index contributed by atoms with van der Waals surface area (Å²) in [6.45, 7) is 6.60. The summed E-state index contributed by atoms with van der Waals surface area (Å²) >= 11 is 1.57. The van der Waals surface area contributed by atoms with Crippen LogP contribution in [0, 0.1) is 19.7 Å². The Hall–Kier alpha value is -1.81. The number of rotatable bonds is 6. The fourth-order valence-electron chi connectivity index (χ4n) is 2.30. The highest BCUT2D eigenvalue weighted by Gasteiger charge is 2.14. The van der Waals surface area contributed by atoms with Crippen LogP contribution in [0.4, 0.5) is 4.39 Å². The average molecular weight is 331 g/mol. The van der Waals surface area contributed by atoms with Gasteiger partial charge in [-0.3, -0.25) is 4.79 Å². The third-order valence-corrected chi connectivity index (χ3v) is 4.91. The predicted molar refractivity (Wildman–Crippen MR) is 94.3 cm³/mol. The molecule has 0 aliphatic rings. The van der Waals surface area contributed by atoms with E-state index in [2.05, 4.69) is 37.4 Å². The number of carbonyl (C=O) groups is 1. The van der Waals surface area contributed by atoms with Gasteiger partial charge in [0.1, 0.15) is 5.82 Å². The van der Waals surface area contributed by atoms with E-state index in [1.54, 1.807) is 23.9 Å². The molecule has 4 heteroatoms. The van der Waals surface area contributed by atoms with E-state index in [9.17, 15) is 9.18 Å². The van der Waals surface area contributed by atoms with E-state index in [1.807, 2.05) is 6.92 Å². The fraction of sp³-hybridized carbons (Fsp3) is 0.316. The van der Waals surface area contributed by atoms with E-state index in [0.717, 1.165) is 10.5 Å². The van der Waals surface area contributed by atoms with Crippen LogP contribution >= 0.6 is 11.8 Å². The maximum absolute atomic E-state index is 12.8. The number of hydrogen-bond donors (Lipinski definition) is 1. The van der Waals surface area contributed by atoms with E-state index < -0.39 is 0 Å². The van der Waals surface area contributed by atoms with Gasteiger partial charge in [0.05, 0.1) is 5.25 Å². The minimum atomic E-state index is -0.240. The van der Waals surface area contributed by atoms with Crippen molar-refractivity contribution in [2.24, 2.45) is 0 Å². The van der Waals surface area contributed by atoms with E-state index in [1.165, 1.54) is 23.3 Å². The second-order valence-corrected chi connectivity index (χ2v) is 7.08. The lowest BCUT2D eigenvalue weighted by molar-refractivity contribution is -0.120. The molecule has 1 N–H and O–H groups in total. The number of amides is 1. The van der Waals surface area contributed by atoms with E-state index in [4.69, 9.17) is 0 Å². The van der Waals surface area contributed by atoms with Gasteiger partial charge in [-0.25, -0.2) is 4.39 Å². The summed E-state index contributed by atoms with van der Waals surface area (Å²) in [5.74, 6) is -0.214. The molecule has 0 spiro atoms. The topological polar surface area (TPSA) is 29.1 Å². The molecule has 1 atom stereocenters. The van der Waals surface area contributed by atoms with Gasteiger partial charge in [-0.1, -0.05) is 29.8 Å². The van der Waals surface area contributed by atoms with Gasteiger partial charge in [0.15, 0.2) is 0 Å². The molecule has 0 aromatic heterocycles.